The first-order chi connectivity index (χ1) is 14.9. The van der Waals surface area contributed by atoms with E-state index in [0.29, 0.717) is 17.3 Å². The van der Waals surface area contributed by atoms with Crippen molar-refractivity contribution >= 4 is 34.6 Å². The van der Waals surface area contributed by atoms with Crippen molar-refractivity contribution in [2.75, 3.05) is 12.0 Å². The van der Waals surface area contributed by atoms with Gasteiger partial charge in [0.2, 0.25) is 5.91 Å². The molecule has 160 valence electrons. The summed E-state index contributed by atoms with van der Waals surface area (Å²) in [4.78, 5) is 43.3. The van der Waals surface area contributed by atoms with E-state index in [9.17, 15) is 14.4 Å². The molecule has 2 heterocycles. The van der Waals surface area contributed by atoms with Crippen molar-refractivity contribution in [3.63, 3.8) is 0 Å². The Kier molecular flexibility index (Phi) is 5.33. The third-order valence-corrected chi connectivity index (χ3v) is 5.33. The molecule has 0 aliphatic carbocycles. The minimum absolute atomic E-state index is 0.161. The number of hydrogen-bond acceptors (Lipinski definition) is 5. The molecular formula is C22H23N5O4. The molecule has 1 fully saturated rings. The smallest absolute Gasteiger partial charge is 0.329 e. The number of carbonyl (C=O) groups excluding carboxylic acids is 3. The number of amides is 4. The van der Waals surface area contributed by atoms with Crippen molar-refractivity contribution < 1.29 is 19.1 Å². The molecule has 2 atom stereocenters. The van der Waals surface area contributed by atoms with Gasteiger partial charge in [-0.1, -0.05) is 12.1 Å². The molecule has 0 saturated carbocycles. The maximum absolute atomic E-state index is 12.7. The van der Waals surface area contributed by atoms with Gasteiger partial charge in [0.1, 0.15) is 17.6 Å². The lowest BCUT2D eigenvalue weighted by molar-refractivity contribution is -0.126. The van der Waals surface area contributed by atoms with E-state index in [-0.39, 0.29) is 18.4 Å². The molecule has 3 aromatic rings. The SMILES string of the molecule is COc1ccc(N2C(=O)NC(CC(=O)NC(C)c3nc4ccccc4n3C)C2=O)cc1. The fourth-order valence-corrected chi connectivity index (χ4v) is 3.75. The first kappa shape index (κ1) is 20.4. The molecule has 2 aromatic carbocycles. The average molecular weight is 421 g/mol. The van der Waals surface area contributed by atoms with E-state index in [0.717, 1.165) is 15.9 Å². The molecule has 4 rings (SSSR count). The number of aryl methyl sites for hydroxylation is 1. The highest BCUT2D eigenvalue weighted by atomic mass is 16.5. The molecule has 2 N–H and O–H groups in total. The molecule has 0 bridgehead atoms. The summed E-state index contributed by atoms with van der Waals surface area (Å²) >= 11 is 0. The van der Waals surface area contributed by atoms with Crippen molar-refractivity contribution in [2.24, 2.45) is 7.05 Å². The number of rotatable bonds is 6. The molecule has 9 nitrogen and oxygen atoms in total. The second kappa shape index (κ2) is 8.10. The third-order valence-electron chi connectivity index (χ3n) is 5.33. The molecule has 9 heteroatoms. The molecule has 0 spiro atoms. The summed E-state index contributed by atoms with van der Waals surface area (Å²) in [5.41, 5.74) is 2.22. The predicted molar refractivity (Wildman–Crippen MR) is 115 cm³/mol. The number of benzene rings is 2. The molecule has 1 aliphatic rings. The Labute approximate surface area is 179 Å². The van der Waals surface area contributed by atoms with Gasteiger partial charge in [-0.2, -0.15) is 0 Å². The van der Waals surface area contributed by atoms with Crippen LogP contribution in [0.3, 0.4) is 0 Å². The molecule has 4 amide bonds. The normalized spacial score (nSPS) is 17.0. The van der Waals surface area contributed by atoms with Gasteiger partial charge >= 0.3 is 6.03 Å². The maximum Gasteiger partial charge on any atom is 0.329 e. The highest BCUT2D eigenvalue weighted by Gasteiger charge is 2.40. The molecule has 1 aliphatic heterocycles. The van der Waals surface area contributed by atoms with Crippen LogP contribution < -0.4 is 20.3 Å². The zero-order valence-corrected chi connectivity index (χ0v) is 17.5. The van der Waals surface area contributed by atoms with Gasteiger partial charge in [-0.05, 0) is 43.3 Å². The summed E-state index contributed by atoms with van der Waals surface area (Å²) in [5.74, 6) is 0.495. The van der Waals surface area contributed by atoms with Crippen molar-refractivity contribution in [3.8, 4) is 5.75 Å². The number of para-hydroxylation sites is 2. The van der Waals surface area contributed by atoms with Crippen LogP contribution in [0.2, 0.25) is 0 Å². The summed E-state index contributed by atoms with van der Waals surface area (Å²) in [5, 5.41) is 5.45. The topological polar surface area (TPSA) is 106 Å². The molecule has 31 heavy (non-hydrogen) atoms. The summed E-state index contributed by atoms with van der Waals surface area (Å²) in [6.07, 6.45) is -0.161. The quantitative estimate of drug-likeness (QED) is 0.594. The molecule has 1 saturated heterocycles. The third kappa shape index (κ3) is 3.81. The van der Waals surface area contributed by atoms with Crippen LogP contribution in [0.4, 0.5) is 10.5 Å². The number of ether oxygens (including phenoxy) is 1. The van der Waals surface area contributed by atoms with Gasteiger partial charge in [0.05, 0.1) is 36.3 Å². The Balaban J connectivity index is 1.42. The Bertz CT molecular complexity index is 1150. The van der Waals surface area contributed by atoms with E-state index < -0.39 is 18.0 Å². The average Bonchev–Trinajstić information content (AvgIpc) is 3.24. The highest BCUT2D eigenvalue weighted by Crippen LogP contribution is 2.24. The van der Waals surface area contributed by atoms with Crippen LogP contribution in [0.5, 0.6) is 5.75 Å². The van der Waals surface area contributed by atoms with Gasteiger partial charge in [-0.25, -0.2) is 14.7 Å². The monoisotopic (exact) mass is 421 g/mol. The minimum atomic E-state index is -0.928. The number of urea groups is 1. The standard InChI is InChI=1S/C22H23N5O4/c1-13(20-24-16-6-4-5-7-18(16)26(20)2)23-19(28)12-17-21(29)27(22(30)25-17)14-8-10-15(31-3)11-9-14/h4-11,13,17H,12H2,1-3H3,(H,23,28)(H,25,30). The van der Waals surface area contributed by atoms with Crippen LogP contribution >= 0.6 is 0 Å². The largest absolute Gasteiger partial charge is 0.497 e. The second-order valence-corrected chi connectivity index (χ2v) is 7.38. The molecular weight excluding hydrogens is 398 g/mol. The van der Waals surface area contributed by atoms with Crippen molar-refractivity contribution in [1.29, 1.82) is 0 Å². The zero-order chi connectivity index (χ0) is 22.1. The first-order valence-electron chi connectivity index (χ1n) is 9.88. The van der Waals surface area contributed by atoms with Crippen molar-refractivity contribution in [2.45, 2.75) is 25.4 Å². The van der Waals surface area contributed by atoms with Gasteiger partial charge < -0.3 is 19.9 Å². The van der Waals surface area contributed by atoms with E-state index in [1.165, 1.54) is 7.11 Å². The number of imide groups is 1. The predicted octanol–water partition coefficient (Wildman–Crippen LogP) is 2.27. The first-order valence-corrected chi connectivity index (χ1v) is 9.88. The van der Waals surface area contributed by atoms with E-state index in [2.05, 4.69) is 15.6 Å². The summed E-state index contributed by atoms with van der Waals surface area (Å²) < 4.78 is 7.02. The van der Waals surface area contributed by atoms with E-state index in [1.54, 1.807) is 24.3 Å². The Morgan fingerprint density at radius 2 is 1.90 bits per heavy atom. The number of carbonyl (C=O) groups is 3. The van der Waals surface area contributed by atoms with Crippen LogP contribution in [-0.4, -0.2) is 40.5 Å². The Morgan fingerprint density at radius 1 is 1.19 bits per heavy atom. The highest BCUT2D eigenvalue weighted by molar-refractivity contribution is 6.22. The molecule has 0 radical (unpaired) electrons. The number of hydrogen-bond donors (Lipinski definition) is 2. The number of nitrogens with zero attached hydrogens (tertiary/aromatic N) is 3. The van der Waals surface area contributed by atoms with Crippen LogP contribution in [0.25, 0.3) is 11.0 Å². The van der Waals surface area contributed by atoms with E-state index >= 15 is 0 Å². The van der Waals surface area contributed by atoms with Crippen LogP contribution in [0, 0.1) is 0 Å². The maximum atomic E-state index is 12.7. The Morgan fingerprint density at radius 3 is 2.58 bits per heavy atom. The van der Waals surface area contributed by atoms with Gasteiger partial charge in [0, 0.05) is 7.05 Å². The van der Waals surface area contributed by atoms with Crippen LogP contribution in [-0.2, 0) is 16.6 Å². The number of anilines is 1. The lowest BCUT2D eigenvalue weighted by Crippen LogP contribution is -2.37. The van der Waals surface area contributed by atoms with Crippen molar-refractivity contribution in [1.82, 2.24) is 20.2 Å². The molecule has 2 unspecified atom stereocenters. The summed E-state index contributed by atoms with van der Waals surface area (Å²) in [6, 6.07) is 12.4. The van der Waals surface area contributed by atoms with Gasteiger partial charge in [-0.3, -0.25) is 9.59 Å². The molecule has 1 aromatic heterocycles. The number of nitrogens with one attached hydrogen (secondary N) is 2. The van der Waals surface area contributed by atoms with E-state index in [1.807, 2.05) is 42.8 Å². The van der Waals surface area contributed by atoms with Gasteiger partial charge in [0.15, 0.2) is 0 Å². The second-order valence-electron chi connectivity index (χ2n) is 7.38. The number of fused-ring (bicyclic) bond motifs is 1. The summed E-state index contributed by atoms with van der Waals surface area (Å²) in [7, 11) is 3.42. The van der Waals surface area contributed by atoms with Gasteiger partial charge in [-0.15, -0.1) is 0 Å². The lowest BCUT2D eigenvalue weighted by Gasteiger charge is -2.16. The van der Waals surface area contributed by atoms with E-state index in [4.69, 9.17) is 4.74 Å². The van der Waals surface area contributed by atoms with Crippen molar-refractivity contribution in [3.05, 3.63) is 54.4 Å². The fourth-order valence-electron chi connectivity index (χ4n) is 3.75. The minimum Gasteiger partial charge on any atom is -0.497 e. The van der Waals surface area contributed by atoms with Crippen LogP contribution in [0.15, 0.2) is 48.5 Å². The van der Waals surface area contributed by atoms with Crippen LogP contribution in [0.1, 0.15) is 25.2 Å². The zero-order valence-electron chi connectivity index (χ0n) is 17.5. The van der Waals surface area contributed by atoms with Gasteiger partial charge in [0.25, 0.3) is 5.91 Å². The lowest BCUT2D eigenvalue weighted by atomic mass is 10.1. The Hall–Kier alpha value is -3.88. The fraction of sp³-hybridized carbons (Fsp3) is 0.273. The number of methoxy groups -OCH3 is 1. The number of aromatic nitrogens is 2. The number of imidazole rings is 1. The summed E-state index contributed by atoms with van der Waals surface area (Å²) in [6.45, 7) is 1.83.